The number of nitrogens with one attached hydrogen (secondary N) is 1. The van der Waals surface area contributed by atoms with E-state index in [4.69, 9.17) is 4.98 Å². The first-order valence-corrected chi connectivity index (χ1v) is 7.39. The van der Waals surface area contributed by atoms with Crippen molar-refractivity contribution in [1.29, 1.82) is 0 Å². The third-order valence-corrected chi connectivity index (χ3v) is 4.36. The van der Waals surface area contributed by atoms with Crippen LogP contribution in [-0.4, -0.2) is 16.1 Å². The van der Waals surface area contributed by atoms with E-state index >= 15 is 0 Å². The van der Waals surface area contributed by atoms with E-state index in [2.05, 4.69) is 57.9 Å². The first-order valence-electron chi connectivity index (χ1n) is 6.59. The van der Waals surface area contributed by atoms with Crippen LogP contribution in [0.15, 0.2) is 22.7 Å². The highest BCUT2D eigenvalue weighted by molar-refractivity contribution is 9.10. The molecule has 1 aromatic heterocycles. The highest BCUT2D eigenvalue weighted by atomic mass is 79.9. The molecule has 1 aliphatic rings. The molecule has 4 heteroatoms. The fourth-order valence-electron chi connectivity index (χ4n) is 2.87. The summed E-state index contributed by atoms with van der Waals surface area (Å²) >= 11 is 3.52. The zero-order valence-electron chi connectivity index (χ0n) is 10.8. The summed E-state index contributed by atoms with van der Waals surface area (Å²) < 4.78 is 3.43. The van der Waals surface area contributed by atoms with E-state index in [0.29, 0.717) is 12.0 Å². The van der Waals surface area contributed by atoms with E-state index < -0.39 is 0 Å². The second-order valence-electron chi connectivity index (χ2n) is 5.05. The van der Waals surface area contributed by atoms with Crippen LogP contribution in [0.25, 0.3) is 11.0 Å². The molecule has 2 unspecified atom stereocenters. The molecule has 2 aromatic rings. The largest absolute Gasteiger partial charge is 0.327 e. The summed E-state index contributed by atoms with van der Waals surface area (Å²) in [4.78, 5) is 4.85. The molecule has 96 valence electrons. The lowest BCUT2D eigenvalue weighted by molar-refractivity contribution is 0.462. The fourth-order valence-corrected chi connectivity index (χ4v) is 3.22. The summed E-state index contributed by atoms with van der Waals surface area (Å²) in [7, 11) is 0. The van der Waals surface area contributed by atoms with Crippen molar-refractivity contribution >= 4 is 27.0 Å². The number of hydrogen-bond acceptors (Lipinski definition) is 2. The Morgan fingerprint density at radius 2 is 2.33 bits per heavy atom. The Labute approximate surface area is 116 Å². The van der Waals surface area contributed by atoms with Crippen LogP contribution in [-0.2, 0) is 6.54 Å². The van der Waals surface area contributed by atoms with Crippen LogP contribution >= 0.6 is 15.9 Å². The summed E-state index contributed by atoms with van der Waals surface area (Å²) in [5.74, 6) is 1.85. The van der Waals surface area contributed by atoms with Gasteiger partial charge in [-0.15, -0.1) is 0 Å². The van der Waals surface area contributed by atoms with Crippen LogP contribution in [0.1, 0.15) is 32.1 Å². The van der Waals surface area contributed by atoms with E-state index in [1.54, 1.807) is 0 Å². The van der Waals surface area contributed by atoms with E-state index in [-0.39, 0.29) is 0 Å². The standard InChI is InChI=1S/C14H18BrN3/c1-3-18-12-5-4-10(15)8-11(12)17-14(18)13-9(2)6-7-16-13/h4-5,8-9,13,16H,3,6-7H2,1-2H3. The highest BCUT2D eigenvalue weighted by Crippen LogP contribution is 2.31. The van der Waals surface area contributed by atoms with Gasteiger partial charge in [0.2, 0.25) is 0 Å². The van der Waals surface area contributed by atoms with E-state index in [0.717, 1.165) is 23.1 Å². The molecule has 1 fully saturated rings. The van der Waals surface area contributed by atoms with Gasteiger partial charge in [-0.05, 0) is 44.0 Å². The van der Waals surface area contributed by atoms with Crippen LogP contribution in [0.2, 0.25) is 0 Å². The van der Waals surface area contributed by atoms with Gasteiger partial charge in [0.1, 0.15) is 5.82 Å². The van der Waals surface area contributed by atoms with Gasteiger partial charge >= 0.3 is 0 Å². The molecule has 3 rings (SSSR count). The number of nitrogens with zero attached hydrogens (tertiary/aromatic N) is 2. The predicted octanol–water partition coefficient (Wildman–Crippen LogP) is 3.49. The van der Waals surface area contributed by atoms with Crippen molar-refractivity contribution < 1.29 is 0 Å². The molecule has 1 N–H and O–H groups in total. The van der Waals surface area contributed by atoms with Gasteiger partial charge in [-0.2, -0.15) is 0 Å². The normalized spacial score (nSPS) is 23.9. The highest BCUT2D eigenvalue weighted by Gasteiger charge is 2.28. The number of imidazole rings is 1. The number of aryl methyl sites for hydroxylation is 1. The molecule has 3 nitrogen and oxygen atoms in total. The van der Waals surface area contributed by atoms with Gasteiger partial charge in [0.15, 0.2) is 0 Å². The molecule has 1 aliphatic heterocycles. The summed E-state index contributed by atoms with van der Waals surface area (Å²) in [5, 5.41) is 3.58. The molecular formula is C14H18BrN3. The maximum Gasteiger partial charge on any atom is 0.127 e. The van der Waals surface area contributed by atoms with Crippen molar-refractivity contribution in [2.24, 2.45) is 5.92 Å². The summed E-state index contributed by atoms with van der Waals surface area (Å²) in [6.07, 6.45) is 1.24. The topological polar surface area (TPSA) is 29.9 Å². The molecule has 0 amide bonds. The van der Waals surface area contributed by atoms with E-state index in [1.807, 2.05) is 0 Å². The van der Waals surface area contributed by atoms with Crippen molar-refractivity contribution in [3.63, 3.8) is 0 Å². The lowest BCUT2D eigenvalue weighted by atomic mass is 10.0. The maximum atomic E-state index is 4.85. The average molecular weight is 308 g/mol. The van der Waals surface area contributed by atoms with Crippen LogP contribution in [0, 0.1) is 5.92 Å². The zero-order valence-corrected chi connectivity index (χ0v) is 12.4. The van der Waals surface area contributed by atoms with Crippen LogP contribution in [0.5, 0.6) is 0 Å². The van der Waals surface area contributed by atoms with Crippen LogP contribution in [0.4, 0.5) is 0 Å². The third-order valence-electron chi connectivity index (χ3n) is 3.87. The van der Waals surface area contributed by atoms with Crippen molar-refractivity contribution in [2.75, 3.05) is 6.54 Å². The smallest absolute Gasteiger partial charge is 0.127 e. The molecule has 0 radical (unpaired) electrons. The van der Waals surface area contributed by atoms with E-state index in [9.17, 15) is 0 Å². The van der Waals surface area contributed by atoms with Crippen LogP contribution < -0.4 is 5.32 Å². The number of benzene rings is 1. The summed E-state index contributed by atoms with van der Waals surface area (Å²) in [6, 6.07) is 6.74. The minimum atomic E-state index is 0.399. The van der Waals surface area contributed by atoms with Gasteiger partial charge in [-0.1, -0.05) is 22.9 Å². The third kappa shape index (κ3) is 1.88. The number of aromatic nitrogens is 2. The molecule has 0 aliphatic carbocycles. The SMILES string of the molecule is CCn1c(C2NCCC2C)nc2cc(Br)ccc21. The Hall–Kier alpha value is -0.870. The maximum absolute atomic E-state index is 4.85. The van der Waals surface area contributed by atoms with Gasteiger partial charge in [0.25, 0.3) is 0 Å². The monoisotopic (exact) mass is 307 g/mol. The Morgan fingerprint density at radius 3 is 3.00 bits per heavy atom. The molecule has 0 spiro atoms. The van der Waals surface area contributed by atoms with Gasteiger partial charge in [-0.25, -0.2) is 4.98 Å². The molecule has 1 saturated heterocycles. The number of rotatable bonds is 2. The quantitative estimate of drug-likeness (QED) is 0.920. The number of fused-ring (bicyclic) bond motifs is 1. The summed E-state index contributed by atoms with van der Waals surface area (Å²) in [5.41, 5.74) is 2.32. The zero-order chi connectivity index (χ0) is 12.7. The number of hydrogen-bond donors (Lipinski definition) is 1. The van der Waals surface area contributed by atoms with Gasteiger partial charge < -0.3 is 9.88 Å². The Balaban J connectivity index is 2.16. The lowest BCUT2D eigenvalue weighted by Crippen LogP contribution is -2.21. The van der Waals surface area contributed by atoms with Crippen LogP contribution in [0.3, 0.4) is 0 Å². The van der Waals surface area contributed by atoms with Crippen molar-refractivity contribution in [2.45, 2.75) is 32.9 Å². The second kappa shape index (κ2) is 4.67. The first-order chi connectivity index (χ1) is 8.70. The Kier molecular flexibility index (Phi) is 3.16. The van der Waals surface area contributed by atoms with Crippen molar-refractivity contribution in [1.82, 2.24) is 14.9 Å². The molecule has 0 saturated carbocycles. The molecular weight excluding hydrogens is 290 g/mol. The molecule has 1 aromatic carbocycles. The lowest BCUT2D eigenvalue weighted by Gasteiger charge is -2.16. The average Bonchev–Trinajstić information content (AvgIpc) is 2.91. The fraction of sp³-hybridized carbons (Fsp3) is 0.500. The van der Waals surface area contributed by atoms with Gasteiger partial charge in [-0.3, -0.25) is 0 Å². The van der Waals surface area contributed by atoms with E-state index in [1.165, 1.54) is 17.8 Å². The molecule has 2 heterocycles. The molecule has 2 atom stereocenters. The molecule has 0 bridgehead atoms. The summed E-state index contributed by atoms with van der Waals surface area (Å²) in [6.45, 7) is 6.56. The number of halogens is 1. The van der Waals surface area contributed by atoms with Gasteiger partial charge in [0.05, 0.1) is 17.1 Å². The second-order valence-corrected chi connectivity index (χ2v) is 5.96. The Morgan fingerprint density at radius 1 is 1.50 bits per heavy atom. The van der Waals surface area contributed by atoms with Crippen molar-refractivity contribution in [3.8, 4) is 0 Å². The predicted molar refractivity (Wildman–Crippen MR) is 77.6 cm³/mol. The van der Waals surface area contributed by atoms with Crippen molar-refractivity contribution in [3.05, 3.63) is 28.5 Å². The first kappa shape index (κ1) is 12.2. The molecule has 18 heavy (non-hydrogen) atoms. The Bertz CT molecular complexity index is 576. The minimum absolute atomic E-state index is 0.399. The van der Waals surface area contributed by atoms with Gasteiger partial charge in [0, 0.05) is 11.0 Å². The minimum Gasteiger partial charge on any atom is -0.327 e.